The Kier molecular flexibility index (Phi) is 18.4. The molecule has 1 heterocycles. The summed E-state index contributed by atoms with van der Waals surface area (Å²) in [6.45, 7) is 2.48. The Morgan fingerprint density at radius 3 is 1.75 bits per heavy atom. The lowest BCUT2D eigenvalue weighted by atomic mass is 10.00. The fraction of sp³-hybridized carbons (Fsp3) is 1.00. The predicted octanol–water partition coefficient (Wildman–Crippen LogP) is 2.56. The molecule has 0 amide bonds. The molecule has 0 aromatic rings. The van der Waals surface area contributed by atoms with Gasteiger partial charge in [-0.15, -0.1) is 0 Å². The Balaban J connectivity index is 2.01. The minimum absolute atomic E-state index is 0.0148. The van der Waals surface area contributed by atoms with Crippen LogP contribution >= 0.6 is 0 Å². The van der Waals surface area contributed by atoms with Crippen LogP contribution in [0.5, 0.6) is 0 Å². The van der Waals surface area contributed by atoms with Crippen LogP contribution < -0.4 is 0 Å². The van der Waals surface area contributed by atoms with Crippen molar-refractivity contribution in [3.8, 4) is 0 Å². The maximum absolute atomic E-state index is 11.1. The zero-order valence-electron chi connectivity index (χ0n) is 21.9. The maximum Gasteiger partial charge on any atom is 0.267 e. The Morgan fingerprint density at radius 1 is 0.750 bits per heavy atom. The van der Waals surface area contributed by atoms with E-state index < -0.39 is 52.7 Å². The molecule has 5 N–H and O–H groups in total. The van der Waals surface area contributed by atoms with Crippen LogP contribution in [0.25, 0.3) is 0 Å². The van der Waals surface area contributed by atoms with E-state index in [0.29, 0.717) is 6.61 Å². The van der Waals surface area contributed by atoms with Crippen molar-refractivity contribution in [3.63, 3.8) is 0 Å². The van der Waals surface area contributed by atoms with E-state index in [4.69, 9.17) is 18.8 Å². The van der Waals surface area contributed by atoms with Crippen molar-refractivity contribution in [1.29, 1.82) is 0 Å². The molecule has 0 spiro atoms. The number of hydrogen-bond acceptors (Lipinski definition) is 9. The SMILES string of the molecule is CCCCCCCCCCCCCCCCOC[C@@H](O)CO[C@H]1O[C@H](CS(=O)(=O)O)[C@@H](O)[C@H](O)[C@@H]1O. The van der Waals surface area contributed by atoms with E-state index >= 15 is 0 Å². The molecule has 6 atom stereocenters. The standard InChI is InChI=1S/C25H50O10S/c1-2-3-4-5-6-7-8-9-10-11-12-13-14-15-16-33-17-20(26)18-34-25-24(29)23(28)22(27)21(35-25)19-36(30,31)32/h20-29H,2-19H2,1H3,(H,30,31,32)/t20-,21-,22-,23+,24+,25+/m1/s1. The van der Waals surface area contributed by atoms with Crippen molar-refractivity contribution >= 4 is 10.1 Å². The lowest BCUT2D eigenvalue weighted by Gasteiger charge is -2.40. The molecule has 0 aliphatic carbocycles. The van der Waals surface area contributed by atoms with Crippen molar-refractivity contribution in [2.75, 3.05) is 25.6 Å². The van der Waals surface area contributed by atoms with Gasteiger partial charge < -0.3 is 34.6 Å². The molecule has 0 saturated carbocycles. The highest BCUT2D eigenvalue weighted by Gasteiger charge is 2.45. The molecule has 0 radical (unpaired) electrons. The molecule has 0 bridgehead atoms. The highest BCUT2D eigenvalue weighted by atomic mass is 32.2. The van der Waals surface area contributed by atoms with Gasteiger partial charge in [-0.1, -0.05) is 90.4 Å². The summed E-state index contributed by atoms with van der Waals surface area (Å²) in [5.41, 5.74) is 0. The average Bonchev–Trinajstić information content (AvgIpc) is 2.82. The van der Waals surface area contributed by atoms with Gasteiger partial charge in [0.15, 0.2) is 6.29 Å². The molecule has 1 fully saturated rings. The molecule has 0 aromatic carbocycles. The molecule has 36 heavy (non-hydrogen) atoms. The summed E-state index contributed by atoms with van der Waals surface area (Å²) in [7, 11) is -4.49. The average molecular weight is 543 g/mol. The molecular formula is C25H50O10S. The van der Waals surface area contributed by atoms with Crippen LogP contribution in [0, 0.1) is 0 Å². The lowest BCUT2D eigenvalue weighted by molar-refractivity contribution is -0.296. The summed E-state index contributed by atoms with van der Waals surface area (Å²) < 4.78 is 46.9. The van der Waals surface area contributed by atoms with Gasteiger partial charge in [0, 0.05) is 6.61 Å². The monoisotopic (exact) mass is 542 g/mol. The van der Waals surface area contributed by atoms with Crippen LogP contribution in [0.4, 0.5) is 0 Å². The van der Waals surface area contributed by atoms with E-state index in [1.165, 1.54) is 77.0 Å². The quantitative estimate of drug-likeness (QED) is 0.101. The van der Waals surface area contributed by atoms with Crippen molar-refractivity contribution < 1.29 is 47.6 Å². The van der Waals surface area contributed by atoms with Crippen LogP contribution in [0.15, 0.2) is 0 Å². The number of ether oxygens (including phenoxy) is 3. The summed E-state index contributed by atoms with van der Waals surface area (Å²) in [4.78, 5) is 0. The Morgan fingerprint density at radius 2 is 1.25 bits per heavy atom. The van der Waals surface area contributed by atoms with Gasteiger partial charge in [-0.3, -0.25) is 4.55 Å². The third-order valence-electron chi connectivity index (χ3n) is 6.45. The first-order chi connectivity index (χ1) is 17.2. The van der Waals surface area contributed by atoms with Gasteiger partial charge in [0.05, 0.1) is 13.2 Å². The molecule has 1 aliphatic heterocycles. The van der Waals surface area contributed by atoms with Gasteiger partial charge in [-0.05, 0) is 6.42 Å². The summed E-state index contributed by atoms with van der Waals surface area (Å²) in [6.07, 6.45) is 8.73. The van der Waals surface area contributed by atoms with Gasteiger partial charge >= 0.3 is 0 Å². The molecule has 1 aliphatic rings. The van der Waals surface area contributed by atoms with Crippen LogP contribution in [0.2, 0.25) is 0 Å². The zero-order chi connectivity index (χ0) is 26.8. The number of aliphatic hydroxyl groups is 4. The third kappa shape index (κ3) is 15.8. The molecule has 11 heteroatoms. The van der Waals surface area contributed by atoms with E-state index in [0.717, 1.165) is 12.8 Å². The largest absolute Gasteiger partial charge is 0.388 e. The molecule has 0 aromatic heterocycles. The third-order valence-corrected chi connectivity index (χ3v) is 7.20. The molecule has 1 rings (SSSR count). The number of hydrogen-bond donors (Lipinski definition) is 5. The smallest absolute Gasteiger partial charge is 0.267 e. The van der Waals surface area contributed by atoms with E-state index in [-0.39, 0.29) is 13.2 Å². The first kappa shape index (κ1) is 33.7. The topological polar surface area (TPSA) is 163 Å². The molecule has 1 saturated heterocycles. The van der Waals surface area contributed by atoms with Gasteiger partial charge in [-0.25, -0.2) is 0 Å². The van der Waals surface area contributed by atoms with Gasteiger partial charge in [0.2, 0.25) is 0 Å². The highest BCUT2D eigenvalue weighted by molar-refractivity contribution is 7.85. The number of unbranched alkanes of at least 4 members (excludes halogenated alkanes) is 13. The van der Waals surface area contributed by atoms with E-state index in [1.807, 2.05) is 0 Å². The normalized spacial score (nSPS) is 25.8. The minimum Gasteiger partial charge on any atom is -0.388 e. The summed E-state index contributed by atoms with van der Waals surface area (Å²) >= 11 is 0. The zero-order valence-corrected chi connectivity index (χ0v) is 22.7. The second-order valence-corrected chi connectivity index (χ2v) is 11.4. The first-order valence-corrected chi connectivity index (χ1v) is 15.3. The highest BCUT2D eigenvalue weighted by Crippen LogP contribution is 2.23. The van der Waals surface area contributed by atoms with Crippen LogP contribution in [-0.2, 0) is 24.3 Å². The van der Waals surface area contributed by atoms with Crippen LogP contribution in [0.1, 0.15) is 96.8 Å². The number of aliphatic hydroxyl groups excluding tert-OH is 4. The van der Waals surface area contributed by atoms with Gasteiger partial charge in [0.25, 0.3) is 10.1 Å². The minimum atomic E-state index is -4.49. The number of rotatable bonds is 22. The van der Waals surface area contributed by atoms with Gasteiger partial charge in [-0.2, -0.15) is 8.42 Å². The van der Waals surface area contributed by atoms with Gasteiger partial charge in [0.1, 0.15) is 36.3 Å². The van der Waals surface area contributed by atoms with Crippen LogP contribution in [-0.4, -0.2) is 95.8 Å². The molecule has 0 unspecified atom stereocenters. The Hall–Kier alpha value is -0.370. The van der Waals surface area contributed by atoms with E-state index in [1.54, 1.807) is 0 Å². The molecule has 216 valence electrons. The van der Waals surface area contributed by atoms with E-state index in [9.17, 15) is 28.8 Å². The first-order valence-electron chi connectivity index (χ1n) is 13.7. The summed E-state index contributed by atoms with van der Waals surface area (Å²) in [5, 5.41) is 39.7. The Bertz CT molecular complexity index is 632. The predicted molar refractivity (Wildman–Crippen MR) is 136 cm³/mol. The van der Waals surface area contributed by atoms with Crippen LogP contribution in [0.3, 0.4) is 0 Å². The maximum atomic E-state index is 11.1. The lowest BCUT2D eigenvalue weighted by Crippen LogP contribution is -2.60. The second kappa shape index (κ2) is 19.7. The fourth-order valence-corrected chi connectivity index (χ4v) is 4.96. The van der Waals surface area contributed by atoms with E-state index in [2.05, 4.69) is 6.92 Å². The molecular weight excluding hydrogens is 492 g/mol. The van der Waals surface area contributed by atoms with Crippen molar-refractivity contribution in [2.45, 2.75) is 134 Å². The van der Waals surface area contributed by atoms with Crippen molar-refractivity contribution in [2.24, 2.45) is 0 Å². The summed E-state index contributed by atoms with van der Waals surface area (Å²) in [6, 6.07) is 0. The van der Waals surface area contributed by atoms with Crippen molar-refractivity contribution in [1.82, 2.24) is 0 Å². The van der Waals surface area contributed by atoms with Crippen molar-refractivity contribution in [3.05, 3.63) is 0 Å². The summed E-state index contributed by atoms with van der Waals surface area (Å²) in [5.74, 6) is -0.970. The second-order valence-electron chi connectivity index (χ2n) is 9.92. The fourth-order valence-electron chi connectivity index (χ4n) is 4.27. The molecule has 10 nitrogen and oxygen atoms in total. The Labute approximate surface area is 217 Å².